The van der Waals surface area contributed by atoms with Crippen molar-refractivity contribution in [3.63, 3.8) is 0 Å². The molecule has 0 aromatic carbocycles. The van der Waals surface area contributed by atoms with Gasteiger partial charge in [-0.3, -0.25) is 0 Å². The van der Waals surface area contributed by atoms with Crippen molar-refractivity contribution < 1.29 is 0 Å². The molecule has 0 saturated heterocycles. The maximum Gasteiger partial charge on any atom is -0.0383 e. The van der Waals surface area contributed by atoms with Crippen LogP contribution >= 0.6 is 0 Å². The lowest BCUT2D eigenvalue weighted by Gasteiger charge is -2.40. The van der Waals surface area contributed by atoms with Crippen molar-refractivity contribution in [2.75, 3.05) is 0 Å². The normalized spacial score (nSPS) is 48.5. The molecule has 0 bridgehead atoms. The standard InChI is InChI=1S/C12H22/c1-9-3-5-12-8-10(2)4-6-11(12)7-9/h9-12H,3-8H2,1-2H3/t9-,10-,11?,12?/m1/s1. The van der Waals surface area contributed by atoms with Gasteiger partial charge in [-0.05, 0) is 49.4 Å². The maximum atomic E-state index is 2.44. The lowest BCUT2D eigenvalue weighted by molar-refractivity contribution is 0.109. The Kier molecular flexibility index (Phi) is 2.43. The van der Waals surface area contributed by atoms with Crippen molar-refractivity contribution >= 4 is 0 Å². The van der Waals surface area contributed by atoms with Crippen LogP contribution in [0.4, 0.5) is 0 Å². The van der Waals surface area contributed by atoms with Gasteiger partial charge in [0.2, 0.25) is 0 Å². The van der Waals surface area contributed by atoms with Gasteiger partial charge in [0.25, 0.3) is 0 Å². The van der Waals surface area contributed by atoms with Gasteiger partial charge in [-0.15, -0.1) is 0 Å². The second kappa shape index (κ2) is 3.40. The van der Waals surface area contributed by atoms with Crippen LogP contribution in [-0.2, 0) is 0 Å². The van der Waals surface area contributed by atoms with Gasteiger partial charge in [-0.25, -0.2) is 0 Å². The van der Waals surface area contributed by atoms with E-state index < -0.39 is 0 Å². The highest BCUT2D eigenvalue weighted by molar-refractivity contribution is 4.83. The third-order valence-electron chi connectivity index (χ3n) is 4.14. The van der Waals surface area contributed by atoms with Crippen LogP contribution in [0.25, 0.3) is 0 Å². The third-order valence-corrected chi connectivity index (χ3v) is 4.14. The first-order valence-electron chi connectivity index (χ1n) is 5.75. The second-order valence-corrected chi connectivity index (χ2v) is 5.36. The van der Waals surface area contributed by atoms with Crippen LogP contribution < -0.4 is 0 Å². The van der Waals surface area contributed by atoms with Gasteiger partial charge in [0, 0.05) is 0 Å². The minimum atomic E-state index is 1.03. The van der Waals surface area contributed by atoms with E-state index in [-0.39, 0.29) is 0 Å². The van der Waals surface area contributed by atoms with E-state index >= 15 is 0 Å². The Bertz CT molecular complexity index is 132. The van der Waals surface area contributed by atoms with Crippen LogP contribution in [0.5, 0.6) is 0 Å². The molecule has 0 heterocycles. The van der Waals surface area contributed by atoms with E-state index in [1.807, 2.05) is 0 Å². The Morgan fingerprint density at radius 1 is 0.667 bits per heavy atom. The Labute approximate surface area is 76.7 Å². The first-order valence-corrected chi connectivity index (χ1v) is 5.75. The zero-order valence-corrected chi connectivity index (χ0v) is 8.55. The van der Waals surface area contributed by atoms with Gasteiger partial charge in [-0.1, -0.05) is 26.7 Å². The zero-order valence-electron chi connectivity index (χ0n) is 8.55. The molecule has 2 rings (SSSR count). The Hall–Kier alpha value is 0. The van der Waals surface area contributed by atoms with Gasteiger partial charge in [0.1, 0.15) is 0 Å². The van der Waals surface area contributed by atoms with E-state index in [1.54, 1.807) is 0 Å². The Morgan fingerprint density at radius 3 is 1.50 bits per heavy atom. The minimum Gasteiger partial charge on any atom is -0.0625 e. The van der Waals surface area contributed by atoms with E-state index in [0.717, 1.165) is 23.7 Å². The lowest BCUT2D eigenvalue weighted by Crippen LogP contribution is -2.29. The molecule has 2 fully saturated rings. The minimum absolute atomic E-state index is 1.03. The summed E-state index contributed by atoms with van der Waals surface area (Å²) in [6, 6.07) is 0. The molecular formula is C12H22. The molecule has 70 valence electrons. The summed E-state index contributed by atoms with van der Waals surface area (Å²) in [6.45, 7) is 4.88. The van der Waals surface area contributed by atoms with Crippen molar-refractivity contribution in [1.29, 1.82) is 0 Å². The van der Waals surface area contributed by atoms with Gasteiger partial charge >= 0.3 is 0 Å². The summed E-state index contributed by atoms with van der Waals surface area (Å²) in [7, 11) is 0. The van der Waals surface area contributed by atoms with Crippen molar-refractivity contribution in [2.24, 2.45) is 23.7 Å². The molecular weight excluding hydrogens is 144 g/mol. The average Bonchev–Trinajstić information content (AvgIpc) is 2.05. The summed E-state index contributed by atoms with van der Waals surface area (Å²) in [4.78, 5) is 0. The molecule has 0 spiro atoms. The summed E-state index contributed by atoms with van der Waals surface area (Å²) >= 11 is 0. The van der Waals surface area contributed by atoms with Gasteiger partial charge in [0.05, 0.1) is 0 Å². The smallest absolute Gasteiger partial charge is 0.0383 e. The molecule has 2 saturated carbocycles. The van der Waals surface area contributed by atoms with Gasteiger partial charge < -0.3 is 0 Å². The van der Waals surface area contributed by atoms with E-state index in [0.29, 0.717) is 0 Å². The molecule has 0 amide bonds. The summed E-state index contributed by atoms with van der Waals surface area (Å²) < 4.78 is 0. The highest BCUT2D eigenvalue weighted by atomic mass is 14.4. The molecule has 4 atom stereocenters. The van der Waals surface area contributed by atoms with E-state index in [1.165, 1.54) is 38.5 Å². The highest BCUT2D eigenvalue weighted by Crippen LogP contribution is 2.44. The van der Waals surface area contributed by atoms with Crippen LogP contribution in [0.3, 0.4) is 0 Å². The van der Waals surface area contributed by atoms with Crippen molar-refractivity contribution in [3.05, 3.63) is 0 Å². The summed E-state index contributed by atoms with van der Waals surface area (Å²) in [5, 5.41) is 0. The topological polar surface area (TPSA) is 0 Å². The van der Waals surface area contributed by atoms with Gasteiger partial charge in [0.15, 0.2) is 0 Å². The molecule has 0 radical (unpaired) electrons. The molecule has 0 aliphatic heterocycles. The van der Waals surface area contributed by atoms with Crippen LogP contribution in [0.2, 0.25) is 0 Å². The van der Waals surface area contributed by atoms with E-state index in [9.17, 15) is 0 Å². The molecule has 0 heteroatoms. The van der Waals surface area contributed by atoms with E-state index in [2.05, 4.69) is 13.8 Å². The predicted molar refractivity (Wildman–Crippen MR) is 53.0 cm³/mol. The van der Waals surface area contributed by atoms with Crippen LogP contribution in [-0.4, -0.2) is 0 Å². The number of rotatable bonds is 0. The molecule has 12 heavy (non-hydrogen) atoms. The van der Waals surface area contributed by atoms with Crippen LogP contribution in [0.15, 0.2) is 0 Å². The highest BCUT2D eigenvalue weighted by Gasteiger charge is 2.32. The van der Waals surface area contributed by atoms with Crippen LogP contribution in [0.1, 0.15) is 52.4 Å². The van der Waals surface area contributed by atoms with Crippen molar-refractivity contribution in [3.8, 4) is 0 Å². The molecule has 0 N–H and O–H groups in total. The van der Waals surface area contributed by atoms with Crippen molar-refractivity contribution in [2.45, 2.75) is 52.4 Å². The first kappa shape index (κ1) is 8.59. The predicted octanol–water partition coefficient (Wildman–Crippen LogP) is 3.86. The quantitative estimate of drug-likeness (QED) is 0.512. The number of hydrogen-bond donors (Lipinski definition) is 0. The molecule has 2 aliphatic carbocycles. The average molecular weight is 166 g/mol. The Balaban J connectivity index is 1.94. The van der Waals surface area contributed by atoms with Crippen molar-refractivity contribution in [1.82, 2.24) is 0 Å². The first-order chi connectivity index (χ1) is 5.75. The summed E-state index contributed by atoms with van der Waals surface area (Å²) in [5.41, 5.74) is 0. The summed E-state index contributed by atoms with van der Waals surface area (Å²) in [5.74, 6) is 4.29. The van der Waals surface area contributed by atoms with Gasteiger partial charge in [-0.2, -0.15) is 0 Å². The summed E-state index contributed by atoms with van der Waals surface area (Å²) in [6.07, 6.45) is 9.17. The fourth-order valence-corrected chi connectivity index (χ4v) is 3.36. The van der Waals surface area contributed by atoms with Crippen LogP contribution in [0, 0.1) is 23.7 Å². The SMILES string of the molecule is C[C@@H]1CCC2C[C@H](C)CCC2C1. The lowest BCUT2D eigenvalue weighted by atomic mass is 9.65. The fraction of sp³-hybridized carbons (Fsp3) is 1.00. The molecule has 0 aromatic rings. The van der Waals surface area contributed by atoms with E-state index in [4.69, 9.17) is 0 Å². The molecule has 2 aliphatic rings. The fourth-order valence-electron chi connectivity index (χ4n) is 3.36. The zero-order chi connectivity index (χ0) is 8.55. The number of fused-ring (bicyclic) bond motifs is 1. The molecule has 0 aromatic heterocycles. The third kappa shape index (κ3) is 1.67. The maximum absolute atomic E-state index is 2.44. The largest absolute Gasteiger partial charge is 0.0625 e. The molecule has 0 nitrogen and oxygen atoms in total. The second-order valence-electron chi connectivity index (χ2n) is 5.36. The monoisotopic (exact) mass is 166 g/mol. The number of hydrogen-bond acceptors (Lipinski definition) is 0. The molecule has 2 unspecified atom stereocenters. The Morgan fingerprint density at radius 2 is 1.08 bits per heavy atom.